The number of rotatable bonds is 7. The molecule has 170 valence electrons. The third-order valence-corrected chi connectivity index (χ3v) is 5.22. The van der Waals surface area contributed by atoms with Gasteiger partial charge in [0.2, 0.25) is 6.04 Å². The number of alkyl carbamates (subject to hydrolysis) is 1. The second-order valence-electron chi connectivity index (χ2n) is 7.35. The summed E-state index contributed by atoms with van der Waals surface area (Å²) in [6.07, 6.45) is -7.01. The molecule has 1 aliphatic rings. The molecule has 0 saturated heterocycles. The highest BCUT2D eigenvalue weighted by molar-refractivity contribution is 5.86. The van der Waals surface area contributed by atoms with Gasteiger partial charge in [0.25, 0.3) is 5.91 Å². The number of hydrogen-bond donors (Lipinski definition) is 2. The minimum atomic E-state index is -5.08. The maximum atomic E-state index is 13.4. The van der Waals surface area contributed by atoms with Crippen molar-refractivity contribution >= 4 is 18.0 Å². The summed E-state index contributed by atoms with van der Waals surface area (Å²) in [5.74, 6) is -3.10. The lowest BCUT2D eigenvalue weighted by Crippen LogP contribution is -2.55. The van der Waals surface area contributed by atoms with Crippen molar-refractivity contribution in [1.29, 1.82) is 0 Å². The Hall–Kier alpha value is -3.56. The van der Waals surface area contributed by atoms with Crippen LogP contribution in [0.5, 0.6) is 0 Å². The highest BCUT2D eigenvalue weighted by Gasteiger charge is 2.47. The van der Waals surface area contributed by atoms with Gasteiger partial charge in [-0.05, 0) is 22.3 Å². The molecule has 10 heteroatoms. The van der Waals surface area contributed by atoms with Gasteiger partial charge in [0, 0.05) is 19.5 Å². The van der Waals surface area contributed by atoms with Crippen molar-refractivity contribution in [1.82, 2.24) is 10.2 Å². The van der Waals surface area contributed by atoms with Crippen LogP contribution in [0.25, 0.3) is 11.1 Å². The molecule has 1 unspecified atom stereocenters. The summed E-state index contributed by atoms with van der Waals surface area (Å²) in [5, 5.41) is 10.2. The van der Waals surface area contributed by atoms with E-state index in [4.69, 9.17) is 9.84 Å². The number of carboxylic acids is 1. The number of nitrogens with one attached hydrogen (secondary N) is 1. The summed E-state index contributed by atoms with van der Waals surface area (Å²) in [6.45, 7) is -0.652. The van der Waals surface area contributed by atoms with Gasteiger partial charge in [0.1, 0.15) is 6.61 Å². The van der Waals surface area contributed by atoms with E-state index in [0.29, 0.717) is 4.90 Å². The topological polar surface area (TPSA) is 95.9 Å². The fraction of sp³-hybridized carbons (Fsp3) is 0.318. The lowest BCUT2D eigenvalue weighted by atomic mass is 9.98. The Balaban J connectivity index is 1.68. The molecule has 0 saturated carbocycles. The Morgan fingerprint density at radius 2 is 1.59 bits per heavy atom. The van der Waals surface area contributed by atoms with Crippen LogP contribution >= 0.6 is 0 Å². The summed E-state index contributed by atoms with van der Waals surface area (Å²) < 4.78 is 45.3. The molecule has 0 radical (unpaired) electrons. The van der Waals surface area contributed by atoms with Gasteiger partial charge in [-0.2, -0.15) is 13.2 Å². The van der Waals surface area contributed by atoms with E-state index in [1.165, 1.54) is 0 Å². The molecule has 1 aliphatic carbocycles. The highest BCUT2D eigenvalue weighted by atomic mass is 19.4. The molecule has 2 amide bonds. The van der Waals surface area contributed by atoms with E-state index in [1.54, 1.807) is 5.32 Å². The van der Waals surface area contributed by atoms with Crippen LogP contribution in [0.4, 0.5) is 18.0 Å². The van der Waals surface area contributed by atoms with Gasteiger partial charge in [-0.25, -0.2) is 4.79 Å². The molecule has 0 bridgehead atoms. The van der Waals surface area contributed by atoms with E-state index in [0.717, 1.165) is 29.3 Å². The first-order valence-electron chi connectivity index (χ1n) is 9.74. The van der Waals surface area contributed by atoms with Crippen LogP contribution < -0.4 is 5.32 Å². The normalized spacial score (nSPS) is 13.6. The van der Waals surface area contributed by atoms with Gasteiger partial charge in [-0.1, -0.05) is 48.5 Å². The van der Waals surface area contributed by atoms with E-state index < -0.39 is 43.2 Å². The zero-order chi connectivity index (χ0) is 23.5. The number of carbonyl (C=O) groups excluding carboxylic acids is 2. The lowest BCUT2D eigenvalue weighted by molar-refractivity contribution is -0.173. The van der Waals surface area contributed by atoms with Crippen molar-refractivity contribution in [2.24, 2.45) is 0 Å². The first-order chi connectivity index (χ1) is 15.1. The number of ether oxygens (including phenoxy) is 1. The van der Waals surface area contributed by atoms with E-state index in [9.17, 15) is 27.6 Å². The molecule has 0 heterocycles. The fourth-order valence-electron chi connectivity index (χ4n) is 3.64. The zero-order valence-corrected chi connectivity index (χ0v) is 17.1. The third-order valence-electron chi connectivity index (χ3n) is 5.22. The van der Waals surface area contributed by atoms with Gasteiger partial charge in [0.05, 0.1) is 6.42 Å². The van der Waals surface area contributed by atoms with E-state index in [2.05, 4.69) is 0 Å². The maximum absolute atomic E-state index is 13.4. The standard InChI is InChI=1S/C22H21F3N2O5/c1-27(11-10-18(28)29)20(30)19(22(23,24)25)26-21(31)32-12-17-15-8-4-2-6-13(15)14-7-3-5-9-16(14)17/h2-9,17,19H,10-12H2,1H3,(H,26,31)(H,28,29). The van der Waals surface area contributed by atoms with Gasteiger partial charge in [-0.15, -0.1) is 0 Å². The summed E-state index contributed by atoms with van der Waals surface area (Å²) in [7, 11) is 1.03. The predicted octanol–water partition coefficient (Wildman–Crippen LogP) is 3.39. The number of halogens is 3. The average Bonchev–Trinajstić information content (AvgIpc) is 3.07. The molecular weight excluding hydrogens is 429 g/mol. The summed E-state index contributed by atoms with van der Waals surface area (Å²) >= 11 is 0. The first-order valence-corrected chi connectivity index (χ1v) is 9.74. The number of benzene rings is 2. The molecule has 0 aromatic heterocycles. The van der Waals surface area contributed by atoms with Crippen LogP contribution in [0.1, 0.15) is 23.5 Å². The minimum Gasteiger partial charge on any atom is -0.481 e. The first kappa shape index (κ1) is 23.1. The maximum Gasteiger partial charge on any atom is 0.417 e. The van der Waals surface area contributed by atoms with Gasteiger partial charge < -0.3 is 20.1 Å². The molecule has 2 aromatic carbocycles. The van der Waals surface area contributed by atoms with Crippen LogP contribution in [0.2, 0.25) is 0 Å². The fourth-order valence-corrected chi connectivity index (χ4v) is 3.64. The van der Waals surface area contributed by atoms with Crippen LogP contribution in [0.3, 0.4) is 0 Å². The summed E-state index contributed by atoms with van der Waals surface area (Å²) in [4.78, 5) is 35.6. The molecule has 0 spiro atoms. The predicted molar refractivity (Wildman–Crippen MR) is 108 cm³/mol. The van der Waals surface area contributed by atoms with Crippen LogP contribution in [-0.4, -0.2) is 60.4 Å². The smallest absolute Gasteiger partial charge is 0.417 e. The number of likely N-dealkylation sites (N-methyl/N-ethyl adjacent to an activating group) is 1. The van der Waals surface area contributed by atoms with Crippen LogP contribution in [0.15, 0.2) is 48.5 Å². The average molecular weight is 450 g/mol. The second kappa shape index (κ2) is 9.29. The highest BCUT2D eigenvalue weighted by Crippen LogP contribution is 2.44. The number of carbonyl (C=O) groups is 3. The van der Waals surface area contributed by atoms with E-state index in [-0.39, 0.29) is 12.5 Å². The van der Waals surface area contributed by atoms with Crippen molar-refractivity contribution in [3.8, 4) is 11.1 Å². The number of carboxylic acid groups (broad SMARTS) is 1. The number of amides is 2. The molecule has 2 aromatic rings. The summed E-state index contributed by atoms with van der Waals surface area (Å²) in [5.41, 5.74) is 3.69. The quantitative estimate of drug-likeness (QED) is 0.674. The van der Waals surface area contributed by atoms with Gasteiger partial charge in [-0.3, -0.25) is 9.59 Å². The molecule has 0 aliphatic heterocycles. The van der Waals surface area contributed by atoms with E-state index >= 15 is 0 Å². The third kappa shape index (κ3) is 5.01. The monoisotopic (exact) mass is 450 g/mol. The van der Waals surface area contributed by atoms with Crippen molar-refractivity contribution in [3.05, 3.63) is 59.7 Å². The number of alkyl halides is 3. The van der Waals surface area contributed by atoms with Gasteiger partial charge in [0.15, 0.2) is 0 Å². The van der Waals surface area contributed by atoms with Crippen molar-refractivity contribution in [2.45, 2.75) is 24.6 Å². The molecule has 32 heavy (non-hydrogen) atoms. The molecule has 0 fully saturated rings. The Labute approximate surface area is 181 Å². The van der Waals surface area contributed by atoms with Crippen LogP contribution in [0, 0.1) is 0 Å². The second-order valence-corrected chi connectivity index (χ2v) is 7.35. The van der Waals surface area contributed by atoms with Crippen molar-refractivity contribution in [2.75, 3.05) is 20.2 Å². The molecule has 3 rings (SSSR count). The van der Waals surface area contributed by atoms with Crippen molar-refractivity contribution in [3.63, 3.8) is 0 Å². The zero-order valence-electron chi connectivity index (χ0n) is 17.1. The largest absolute Gasteiger partial charge is 0.481 e. The summed E-state index contributed by atoms with van der Waals surface area (Å²) in [6, 6.07) is 12.1. The Morgan fingerprint density at radius 3 is 2.09 bits per heavy atom. The van der Waals surface area contributed by atoms with Gasteiger partial charge >= 0.3 is 18.2 Å². The van der Waals surface area contributed by atoms with E-state index in [1.807, 2.05) is 48.5 Å². The Bertz CT molecular complexity index is 979. The Morgan fingerprint density at radius 1 is 1.06 bits per heavy atom. The Kier molecular flexibility index (Phi) is 6.71. The molecule has 1 atom stereocenters. The molecule has 2 N–H and O–H groups in total. The van der Waals surface area contributed by atoms with Crippen molar-refractivity contribution < 1.29 is 37.4 Å². The molecule has 7 nitrogen and oxygen atoms in total. The molecular formula is C22H21F3N2O5. The SMILES string of the molecule is CN(CCC(=O)O)C(=O)C(NC(=O)OCC1c2ccccc2-c2ccccc21)C(F)(F)F. The number of nitrogens with zero attached hydrogens (tertiary/aromatic N) is 1. The number of hydrogen-bond acceptors (Lipinski definition) is 4. The minimum absolute atomic E-state index is 0.215. The number of fused-ring (bicyclic) bond motifs is 3. The van der Waals surface area contributed by atoms with Crippen LogP contribution in [-0.2, 0) is 14.3 Å². The lowest BCUT2D eigenvalue weighted by Gasteiger charge is -2.26. The number of aliphatic carboxylic acids is 1.